The number of ether oxygens (including phenoxy) is 1. The Morgan fingerprint density at radius 3 is 3.00 bits per heavy atom. The summed E-state index contributed by atoms with van der Waals surface area (Å²) in [5.74, 6) is -0.0578. The van der Waals surface area contributed by atoms with Crippen LogP contribution in [0.25, 0.3) is 0 Å². The first-order valence-electron chi connectivity index (χ1n) is 5.73. The lowest BCUT2D eigenvalue weighted by Crippen LogP contribution is -2.28. The zero-order valence-corrected chi connectivity index (χ0v) is 10.00. The highest BCUT2D eigenvalue weighted by atomic mass is 16.5. The van der Waals surface area contributed by atoms with E-state index in [-0.39, 0.29) is 24.4 Å². The minimum atomic E-state index is -0.482. The number of aliphatic hydroxyl groups is 1. The summed E-state index contributed by atoms with van der Waals surface area (Å²) >= 11 is 0. The SMILES string of the molecule is CC(=O)Nc1ccn(C2CCC(CO)O2)c(=O)n1. The number of nitrogens with zero attached hydrogens (tertiary/aromatic N) is 2. The van der Waals surface area contributed by atoms with Gasteiger partial charge in [-0.3, -0.25) is 9.36 Å². The average Bonchev–Trinajstić information content (AvgIpc) is 2.76. The van der Waals surface area contributed by atoms with Gasteiger partial charge in [0.15, 0.2) is 0 Å². The van der Waals surface area contributed by atoms with Crippen molar-refractivity contribution in [2.75, 3.05) is 11.9 Å². The van der Waals surface area contributed by atoms with Gasteiger partial charge in [-0.1, -0.05) is 0 Å². The predicted molar refractivity (Wildman–Crippen MR) is 63.0 cm³/mol. The van der Waals surface area contributed by atoms with Gasteiger partial charge in [0.25, 0.3) is 0 Å². The number of amides is 1. The van der Waals surface area contributed by atoms with Crippen LogP contribution in [0.1, 0.15) is 26.0 Å². The first-order chi connectivity index (χ1) is 8.60. The number of carbonyl (C=O) groups is 1. The van der Waals surface area contributed by atoms with Crippen molar-refractivity contribution < 1.29 is 14.6 Å². The maximum Gasteiger partial charge on any atom is 0.351 e. The molecule has 98 valence electrons. The molecule has 1 amide bonds. The number of rotatable bonds is 3. The lowest BCUT2D eigenvalue weighted by atomic mass is 10.2. The Morgan fingerprint density at radius 2 is 2.44 bits per heavy atom. The van der Waals surface area contributed by atoms with Gasteiger partial charge in [-0.25, -0.2) is 4.79 Å². The van der Waals surface area contributed by atoms with Crippen LogP contribution >= 0.6 is 0 Å². The Bertz CT molecular complexity index is 499. The van der Waals surface area contributed by atoms with E-state index in [4.69, 9.17) is 9.84 Å². The monoisotopic (exact) mass is 253 g/mol. The summed E-state index contributed by atoms with van der Waals surface area (Å²) in [6.45, 7) is 1.29. The molecule has 0 radical (unpaired) electrons. The molecule has 2 N–H and O–H groups in total. The van der Waals surface area contributed by atoms with Crippen molar-refractivity contribution in [3.63, 3.8) is 0 Å². The molecule has 0 saturated carbocycles. The average molecular weight is 253 g/mol. The molecule has 18 heavy (non-hydrogen) atoms. The van der Waals surface area contributed by atoms with Crippen LogP contribution in [-0.4, -0.2) is 33.3 Å². The fraction of sp³-hybridized carbons (Fsp3) is 0.545. The molecule has 1 saturated heterocycles. The lowest BCUT2D eigenvalue weighted by molar-refractivity contribution is -0.114. The Labute approximate surface area is 103 Å². The van der Waals surface area contributed by atoms with Crippen molar-refractivity contribution in [3.8, 4) is 0 Å². The Kier molecular flexibility index (Phi) is 3.73. The van der Waals surface area contributed by atoms with Gasteiger partial charge in [-0.2, -0.15) is 4.98 Å². The minimum absolute atomic E-state index is 0.0529. The van der Waals surface area contributed by atoms with Crippen LogP contribution in [0.4, 0.5) is 5.82 Å². The number of anilines is 1. The zero-order chi connectivity index (χ0) is 13.1. The second-order valence-corrected chi connectivity index (χ2v) is 4.16. The fourth-order valence-electron chi connectivity index (χ4n) is 1.91. The molecule has 7 nitrogen and oxygen atoms in total. The Hall–Kier alpha value is -1.73. The lowest BCUT2D eigenvalue weighted by Gasteiger charge is -2.14. The van der Waals surface area contributed by atoms with Gasteiger partial charge in [0.05, 0.1) is 12.7 Å². The van der Waals surface area contributed by atoms with E-state index < -0.39 is 11.9 Å². The molecular weight excluding hydrogens is 238 g/mol. The van der Waals surface area contributed by atoms with Gasteiger partial charge in [-0.05, 0) is 18.9 Å². The first-order valence-corrected chi connectivity index (χ1v) is 5.73. The summed E-state index contributed by atoms with van der Waals surface area (Å²) in [6.07, 6.45) is 2.28. The van der Waals surface area contributed by atoms with E-state index in [2.05, 4.69) is 10.3 Å². The smallest absolute Gasteiger partial charge is 0.351 e. The zero-order valence-electron chi connectivity index (χ0n) is 10.00. The molecule has 1 fully saturated rings. The highest BCUT2D eigenvalue weighted by Gasteiger charge is 2.26. The van der Waals surface area contributed by atoms with Crippen molar-refractivity contribution in [2.45, 2.75) is 32.1 Å². The van der Waals surface area contributed by atoms with Crippen molar-refractivity contribution >= 4 is 11.7 Å². The van der Waals surface area contributed by atoms with E-state index in [0.717, 1.165) is 0 Å². The molecule has 2 rings (SSSR count). The molecule has 0 bridgehead atoms. The summed E-state index contributed by atoms with van der Waals surface area (Å²) in [5, 5.41) is 11.4. The van der Waals surface area contributed by atoms with Crippen LogP contribution in [0.2, 0.25) is 0 Å². The van der Waals surface area contributed by atoms with Crippen LogP contribution in [-0.2, 0) is 9.53 Å². The second kappa shape index (κ2) is 5.28. The fourth-order valence-corrected chi connectivity index (χ4v) is 1.91. The summed E-state index contributed by atoms with van der Waals surface area (Å²) in [5.41, 5.74) is -0.482. The molecule has 1 aromatic rings. The highest BCUT2D eigenvalue weighted by molar-refractivity contribution is 5.87. The summed E-state index contributed by atoms with van der Waals surface area (Å²) in [6, 6.07) is 1.54. The van der Waals surface area contributed by atoms with Gasteiger partial charge in [0.2, 0.25) is 5.91 Å². The van der Waals surface area contributed by atoms with E-state index >= 15 is 0 Å². The van der Waals surface area contributed by atoms with Crippen LogP contribution in [0.3, 0.4) is 0 Å². The number of nitrogens with one attached hydrogen (secondary N) is 1. The van der Waals surface area contributed by atoms with E-state index in [0.29, 0.717) is 12.8 Å². The molecule has 0 aromatic carbocycles. The van der Waals surface area contributed by atoms with Crippen molar-refractivity contribution in [2.24, 2.45) is 0 Å². The number of hydrogen-bond donors (Lipinski definition) is 2. The largest absolute Gasteiger partial charge is 0.394 e. The Balaban J connectivity index is 2.15. The quantitative estimate of drug-likeness (QED) is 0.782. The molecule has 1 aromatic heterocycles. The van der Waals surface area contributed by atoms with Gasteiger partial charge >= 0.3 is 5.69 Å². The molecule has 1 aliphatic rings. The van der Waals surface area contributed by atoms with Crippen LogP contribution in [0.5, 0.6) is 0 Å². The molecule has 2 unspecified atom stereocenters. The third kappa shape index (κ3) is 2.74. The standard InChI is InChI=1S/C11H15N3O4/c1-7(16)12-9-4-5-14(11(17)13-9)10-3-2-8(6-15)18-10/h4-5,8,10,15H,2-3,6H2,1H3,(H,12,13,16,17). The predicted octanol–water partition coefficient (Wildman–Crippen LogP) is -0.128. The van der Waals surface area contributed by atoms with Gasteiger partial charge in [-0.15, -0.1) is 0 Å². The number of hydrogen-bond acceptors (Lipinski definition) is 5. The van der Waals surface area contributed by atoms with E-state index in [1.165, 1.54) is 17.7 Å². The third-order valence-corrected chi connectivity index (χ3v) is 2.73. The summed E-state index contributed by atoms with van der Waals surface area (Å²) < 4.78 is 6.85. The highest BCUT2D eigenvalue weighted by Crippen LogP contribution is 2.26. The Morgan fingerprint density at radius 1 is 1.67 bits per heavy atom. The summed E-state index contributed by atoms with van der Waals surface area (Å²) in [7, 11) is 0. The third-order valence-electron chi connectivity index (χ3n) is 2.73. The maximum atomic E-state index is 11.8. The van der Waals surface area contributed by atoms with E-state index in [9.17, 15) is 9.59 Å². The molecule has 2 atom stereocenters. The topological polar surface area (TPSA) is 93.5 Å². The minimum Gasteiger partial charge on any atom is -0.394 e. The van der Waals surface area contributed by atoms with Gasteiger partial charge in [0.1, 0.15) is 12.0 Å². The summed E-state index contributed by atoms with van der Waals surface area (Å²) in [4.78, 5) is 26.3. The van der Waals surface area contributed by atoms with E-state index in [1.807, 2.05) is 0 Å². The van der Waals surface area contributed by atoms with Gasteiger partial charge < -0.3 is 15.2 Å². The van der Waals surface area contributed by atoms with Crippen molar-refractivity contribution in [1.29, 1.82) is 0 Å². The van der Waals surface area contributed by atoms with Crippen LogP contribution in [0.15, 0.2) is 17.1 Å². The molecule has 7 heteroatoms. The molecule has 0 aliphatic carbocycles. The molecule has 0 spiro atoms. The van der Waals surface area contributed by atoms with Crippen LogP contribution in [0, 0.1) is 0 Å². The number of aliphatic hydroxyl groups excluding tert-OH is 1. The van der Waals surface area contributed by atoms with Crippen LogP contribution < -0.4 is 11.0 Å². The number of aromatic nitrogens is 2. The first kappa shape index (κ1) is 12.7. The number of carbonyl (C=O) groups excluding carboxylic acids is 1. The molecule has 2 heterocycles. The van der Waals surface area contributed by atoms with Gasteiger partial charge in [0, 0.05) is 13.1 Å². The van der Waals surface area contributed by atoms with Crippen molar-refractivity contribution in [3.05, 3.63) is 22.7 Å². The van der Waals surface area contributed by atoms with Crippen molar-refractivity contribution in [1.82, 2.24) is 9.55 Å². The molecular formula is C11H15N3O4. The molecule has 1 aliphatic heterocycles. The second-order valence-electron chi connectivity index (χ2n) is 4.16. The van der Waals surface area contributed by atoms with E-state index in [1.54, 1.807) is 6.07 Å². The maximum absolute atomic E-state index is 11.8. The normalized spacial score (nSPS) is 23.0.